The van der Waals surface area contributed by atoms with Crippen molar-refractivity contribution in [1.29, 1.82) is 0 Å². The van der Waals surface area contributed by atoms with E-state index in [-0.39, 0.29) is 0 Å². The third-order valence-corrected chi connectivity index (χ3v) is 1.45. The molecule has 0 bridgehead atoms. The van der Waals surface area contributed by atoms with Gasteiger partial charge in [0.25, 0.3) is 0 Å². The highest BCUT2D eigenvalue weighted by atomic mass is 16.7. The molecule has 0 fully saturated rings. The average molecular weight is 196 g/mol. The highest BCUT2D eigenvalue weighted by Crippen LogP contribution is 2.26. The van der Waals surface area contributed by atoms with E-state index < -0.39 is 5.03 Å². The predicted molar refractivity (Wildman–Crippen MR) is 48.9 cm³/mol. The first-order chi connectivity index (χ1) is 6.63. The van der Waals surface area contributed by atoms with Gasteiger partial charge in [-0.2, -0.15) is 0 Å². The van der Waals surface area contributed by atoms with Crippen molar-refractivity contribution in [2.45, 2.75) is 0 Å². The quantitative estimate of drug-likeness (QED) is 0.342. The molecule has 0 saturated carbocycles. The van der Waals surface area contributed by atoms with Crippen molar-refractivity contribution in [2.24, 2.45) is 10.3 Å². The Hall–Kier alpha value is -2.18. The van der Waals surface area contributed by atoms with Crippen LogP contribution in [0.2, 0.25) is 0 Å². The fourth-order valence-electron chi connectivity index (χ4n) is 0.850. The van der Waals surface area contributed by atoms with E-state index in [1.54, 1.807) is 0 Å². The molecule has 14 heavy (non-hydrogen) atoms. The number of methoxy groups -OCH3 is 1. The van der Waals surface area contributed by atoms with Crippen LogP contribution in [-0.2, 0) is 0 Å². The molecule has 7 heteroatoms. The summed E-state index contributed by atoms with van der Waals surface area (Å²) in [6.07, 6.45) is 0. The maximum Gasteiger partial charge on any atom is 0.207 e. The summed E-state index contributed by atoms with van der Waals surface area (Å²) >= 11 is 0. The van der Waals surface area contributed by atoms with E-state index in [1.165, 1.54) is 25.3 Å². The van der Waals surface area contributed by atoms with Gasteiger partial charge in [0.2, 0.25) is 5.69 Å². The Morgan fingerprint density at radius 1 is 1.57 bits per heavy atom. The molecule has 0 aliphatic rings. The van der Waals surface area contributed by atoms with Crippen LogP contribution in [0.3, 0.4) is 0 Å². The van der Waals surface area contributed by atoms with E-state index >= 15 is 0 Å². The molecule has 0 spiro atoms. The Balaban J connectivity index is 2.95. The lowest BCUT2D eigenvalue weighted by Crippen LogP contribution is -1.91. The zero-order valence-corrected chi connectivity index (χ0v) is 7.38. The van der Waals surface area contributed by atoms with Crippen molar-refractivity contribution in [2.75, 3.05) is 12.8 Å². The summed E-state index contributed by atoms with van der Waals surface area (Å²) in [5.41, 5.74) is 6.28. The first-order valence-corrected chi connectivity index (χ1v) is 3.63. The van der Waals surface area contributed by atoms with E-state index in [2.05, 4.69) is 10.3 Å². The van der Waals surface area contributed by atoms with Gasteiger partial charge in [-0.15, -0.1) is 0 Å². The van der Waals surface area contributed by atoms with Gasteiger partial charge in [0.05, 0.1) is 22.9 Å². The predicted octanol–water partition coefficient (Wildman–Crippen LogP) is 1.55. The topological polar surface area (TPSA) is 103 Å². The molecule has 1 aromatic rings. The van der Waals surface area contributed by atoms with Gasteiger partial charge in [0.15, 0.2) is 5.22 Å². The molecule has 0 amide bonds. The van der Waals surface area contributed by atoms with E-state index in [1.807, 2.05) is 0 Å². The van der Waals surface area contributed by atoms with Crippen molar-refractivity contribution in [3.05, 3.63) is 28.3 Å². The van der Waals surface area contributed by atoms with E-state index in [0.29, 0.717) is 17.1 Å². The Labute approximate surface area is 79.3 Å². The molecule has 0 atom stereocenters. The summed E-state index contributed by atoms with van der Waals surface area (Å²) in [5, 5.41) is 15.1. The summed E-state index contributed by atoms with van der Waals surface area (Å²) in [5.74, 6) is 0.407. The van der Waals surface area contributed by atoms with Crippen LogP contribution in [0.1, 0.15) is 0 Å². The number of hydrogen-bond acceptors (Lipinski definition) is 5. The zero-order valence-electron chi connectivity index (χ0n) is 7.38. The van der Waals surface area contributed by atoms with Gasteiger partial charge in [-0.05, 0) is 12.1 Å². The maximum absolute atomic E-state index is 9.88. The molecule has 1 rings (SSSR count). The summed E-state index contributed by atoms with van der Waals surface area (Å²) < 4.78 is 4.90. The molecule has 1 aromatic carbocycles. The second-order valence-electron chi connectivity index (χ2n) is 2.35. The van der Waals surface area contributed by atoms with Crippen molar-refractivity contribution in [1.82, 2.24) is 0 Å². The Bertz CT molecular complexity index is 377. The number of anilines is 1. The molecule has 0 aromatic heterocycles. The minimum absolute atomic E-state index is 0.313. The van der Waals surface area contributed by atoms with Gasteiger partial charge >= 0.3 is 0 Å². The lowest BCUT2D eigenvalue weighted by atomic mass is 10.2. The van der Waals surface area contributed by atoms with Gasteiger partial charge < -0.3 is 20.6 Å². The minimum atomic E-state index is -0.886. The number of ether oxygens (including phenoxy) is 1. The van der Waals surface area contributed by atoms with Crippen LogP contribution in [0.25, 0.3) is 0 Å². The van der Waals surface area contributed by atoms with Crippen molar-refractivity contribution in [3.8, 4) is 5.75 Å². The van der Waals surface area contributed by atoms with Gasteiger partial charge in [-0.3, -0.25) is 0 Å². The number of benzene rings is 1. The van der Waals surface area contributed by atoms with Gasteiger partial charge in [-0.25, -0.2) is 0 Å². The van der Waals surface area contributed by atoms with E-state index in [4.69, 9.17) is 10.5 Å². The molecule has 0 saturated heterocycles. The third-order valence-electron chi connectivity index (χ3n) is 1.45. The second-order valence-corrected chi connectivity index (χ2v) is 2.35. The summed E-state index contributed by atoms with van der Waals surface area (Å²) in [7, 11) is 1.44. The SMILES string of the molecule is COc1cc(N=N[N+](=O)[O-])ccc1N. The molecule has 0 unspecified atom stereocenters. The fourth-order valence-corrected chi connectivity index (χ4v) is 0.850. The fraction of sp³-hybridized carbons (Fsp3) is 0.143. The van der Waals surface area contributed by atoms with Crippen molar-refractivity contribution in [3.63, 3.8) is 0 Å². The summed E-state index contributed by atoms with van der Waals surface area (Å²) in [4.78, 5) is 9.88. The van der Waals surface area contributed by atoms with Gasteiger partial charge in [0.1, 0.15) is 5.75 Å². The first-order valence-electron chi connectivity index (χ1n) is 3.63. The Kier molecular flexibility index (Phi) is 2.95. The molecular weight excluding hydrogens is 188 g/mol. The molecule has 0 aliphatic carbocycles. The standard InChI is InChI=1S/C7H8N4O3/c1-14-7-4-5(2-3-6(7)8)9-10-11(12)13/h2-4H,8H2,1H3. The molecule has 0 aliphatic heterocycles. The first kappa shape index (κ1) is 9.90. The van der Waals surface area contributed by atoms with Crippen LogP contribution in [0.15, 0.2) is 28.5 Å². The number of nitrogens with two attached hydrogens (primary N) is 1. The number of rotatable bonds is 3. The van der Waals surface area contributed by atoms with E-state index in [0.717, 1.165) is 0 Å². The monoisotopic (exact) mass is 196 g/mol. The number of nitrogens with zero attached hydrogens (tertiary/aromatic N) is 3. The normalized spacial score (nSPS) is 10.4. The zero-order chi connectivity index (χ0) is 10.6. The molecule has 7 nitrogen and oxygen atoms in total. The lowest BCUT2D eigenvalue weighted by molar-refractivity contribution is -0.493. The minimum Gasteiger partial charge on any atom is -0.494 e. The highest BCUT2D eigenvalue weighted by molar-refractivity contribution is 5.59. The van der Waals surface area contributed by atoms with E-state index in [9.17, 15) is 10.1 Å². The van der Waals surface area contributed by atoms with Crippen LogP contribution in [0.4, 0.5) is 11.4 Å². The van der Waals surface area contributed by atoms with Crippen molar-refractivity contribution >= 4 is 11.4 Å². The van der Waals surface area contributed by atoms with Crippen LogP contribution < -0.4 is 10.5 Å². The van der Waals surface area contributed by atoms with Gasteiger partial charge in [0, 0.05) is 6.07 Å². The lowest BCUT2D eigenvalue weighted by Gasteiger charge is -2.01. The Morgan fingerprint density at radius 3 is 2.86 bits per heavy atom. The largest absolute Gasteiger partial charge is 0.494 e. The maximum atomic E-state index is 9.88. The van der Waals surface area contributed by atoms with Gasteiger partial charge in [-0.1, -0.05) is 0 Å². The number of hydrogen-bond donors (Lipinski definition) is 1. The third kappa shape index (κ3) is 2.41. The Morgan fingerprint density at radius 2 is 2.29 bits per heavy atom. The average Bonchev–Trinajstić information content (AvgIpc) is 2.16. The summed E-state index contributed by atoms with van der Waals surface area (Å²) in [6, 6.07) is 4.50. The molecule has 74 valence electrons. The van der Waals surface area contributed by atoms with Crippen LogP contribution in [-0.4, -0.2) is 12.1 Å². The van der Waals surface area contributed by atoms with Crippen LogP contribution in [0.5, 0.6) is 5.75 Å². The van der Waals surface area contributed by atoms with Crippen LogP contribution in [0, 0.1) is 10.1 Å². The second kappa shape index (κ2) is 4.17. The molecule has 0 radical (unpaired) electrons. The number of nitro groups is 1. The summed E-state index contributed by atoms with van der Waals surface area (Å²) in [6.45, 7) is 0. The molecule has 0 heterocycles. The van der Waals surface area contributed by atoms with Crippen molar-refractivity contribution < 1.29 is 9.77 Å². The molecular formula is C7H8N4O3. The smallest absolute Gasteiger partial charge is 0.207 e. The molecule has 2 N–H and O–H groups in total. The number of nitrogen functional groups attached to an aromatic ring is 1. The highest BCUT2D eigenvalue weighted by Gasteiger charge is 2.04. The van der Waals surface area contributed by atoms with Crippen LogP contribution >= 0.6 is 0 Å².